The number of hydrogen-bond donors (Lipinski definition) is 3. The Morgan fingerprint density at radius 3 is 1.73 bits per heavy atom. The molecule has 0 unspecified atom stereocenters. The van der Waals surface area contributed by atoms with Crippen LogP contribution >= 0.6 is 22.7 Å². The van der Waals surface area contributed by atoms with Gasteiger partial charge in [0.25, 0.3) is 11.1 Å². The Hall–Kier alpha value is -3.54. The van der Waals surface area contributed by atoms with Crippen molar-refractivity contribution in [2.45, 2.75) is 57.0 Å². The number of ether oxygens (including phenoxy) is 5. The molecular formula is C28H28N4O10S2. The summed E-state index contributed by atoms with van der Waals surface area (Å²) in [5.74, 6) is -3.35. The van der Waals surface area contributed by atoms with Crippen LogP contribution in [-0.2, 0) is 49.4 Å². The summed E-state index contributed by atoms with van der Waals surface area (Å²) in [6.07, 6.45) is 4.02. The molecule has 4 aromatic heterocycles. The number of nitrogens with zero attached hydrogens (tertiary/aromatic N) is 2. The van der Waals surface area contributed by atoms with Crippen molar-refractivity contribution in [1.29, 1.82) is 0 Å². The summed E-state index contributed by atoms with van der Waals surface area (Å²) >= 11 is 2.78. The van der Waals surface area contributed by atoms with Gasteiger partial charge in [0.2, 0.25) is 11.6 Å². The number of carbonyl (C=O) groups excluding carboxylic acids is 1. The van der Waals surface area contributed by atoms with E-state index in [4.69, 9.17) is 28.8 Å². The largest absolute Gasteiger partial charge is 0.475 e. The number of carbonyl (C=O) groups is 2. The maximum absolute atomic E-state index is 12.4. The van der Waals surface area contributed by atoms with Gasteiger partial charge in [0, 0.05) is 35.4 Å². The fourth-order valence-electron chi connectivity index (χ4n) is 6.22. The zero-order chi connectivity index (χ0) is 30.6. The SMILES string of the molecule is CCOC(=O)c1nc2sc3c(c2c(=O)[nH]1)CCC1(C3)OCCO1.O=C(O)c1nc2sc3c(c2c(=O)[nH]1)CCC1(C3)OCCO1. The van der Waals surface area contributed by atoms with Crippen LogP contribution in [0.5, 0.6) is 0 Å². The number of carboxylic acid groups (broad SMARTS) is 1. The second-order valence-electron chi connectivity index (χ2n) is 10.8. The molecule has 4 aromatic rings. The van der Waals surface area contributed by atoms with Crippen LogP contribution in [0.1, 0.15) is 61.9 Å². The van der Waals surface area contributed by atoms with Gasteiger partial charge >= 0.3 is 11.9 Å². The molecule has 2 aliphatic carbocycles. The number of hydrogen-bond acceptors (Lipinski definition) is 13. The highest BCUT2D eigenvalue weighted by atomic mass is 32.1. The van der Waals surface area contributed by atoms with Crippen molar-refractivity contribution in [3.8, 4) is 0 Å². The lowest BCUT2D eigenvalue weighted by molar-refractivity contribution is -0.163. The molecule has 0 saturated carbocycles. The Bertz CT molecular complexity index is 1910. The van der Waals surface area contributed by atoms with Crippen molar-refractivity contribution in [3.63, 3.8) is 0 Å². The first-order valence-corrected chi connectivity index (χ1v) is 15.9. The Labute approximate surface area is 256 Å². The molecule has 0 bridgehead atoms. The molecule has 0 amide bonds. The lowest BCUT2D eigenvalue weighted by Crippen LogP contribution is -2.36. The number of aromatic carboxylic acids is 1. The van der Waals surface area contributed by atoms with Crippen molar-refractivity contribution in [2.24, 2.45) is 0 Å². The summed E-state index contributed by atoms with van der Waals surface area (Å²) in [5.41, 5.74) is 1.27. The number of nitrogens with one attached hydrogen (secondary N) is 2. The standard InChI is InChI=1S/C15H16N2O5S.C13H12N2O5S/c1-2-20-14(19)11-16-12(18)10-8-3-4-15(21-5-6-22-15)7-9(8)23-13(10)17-11;16-10-8-6-1-2-13(19-3-4-20-13)5-7(6)21-11(8)15-9(14-10)12(17)18/h2-7H2,1H3,(H,16,17,18);1-5H2,(H,17,18)(H,14,15,16). The smallest absolute Gasteiger partial charge is 0.374 e. The number of H-pyrrole nitrogens is 2. The molecule has 2 aliphatic heterocycles. The Morgan fingerprint density at radius 1 is 0.818 bits per heavy atom. The number of aromatic amines is 2. The van der Waals surface area contributed by atoms with Crippen molar-refractivity contribution in [3.05, 3.63) is 53.2 Å². The van der Waals surface area contributed by atoms with Gasteiger partial charge in [0.05, 0.1) is 43.8 Å². The van der Waals surface area contributed by atoms with Crippen LogP contribution in [0.2, 0.25) is 0 Å². The molecule has 3 N–H and O–H groups in total. The second kappa shape index (κ2) is 11.1. The summed E-state index contributed by atoms with van der Waals surface area (Å²) in [7, 11) is 0. The van der Waals surface area contributed by atoms with Crippen molar-refractivity contribution in [2.75, 3.05) is 33.0 Å². The monoisotopic (exact) mass is 644 g/mol. The molecule has 0 radical (unpaired) electrons. The van der Waals surface area contributed by atoms with E-state index in [9.17, 15) is 19.2 Å². The molecule has 6 heterocycles. The number of aryl methyl sites for hydroxylation is 2. The summed E-state index contributed by atoms with van der Waals surface area (Å²) in [6.45, 7) is 4.32. The summed E-state index contributed by atoms with van der Waals surface area (Å²) in [4.78, 5) is 63.6. The number of rotatable bonds is 3. The minimum Gasteiger partial charge on any atom is -0.475 e. The predicted octanol–water partition coefficient (Wildman–Crippen LogP) is 2.31. The van der Waals surface area contributed by atoms with Crippen molar-refractivity contribution < 1.29 is 38.4 Å². The van der Waals surface area contributed by atoms with Crippen LogP contribution in [-0.4, -0.2) is 81.6 Å². The van der Waals surface area contributed by atoms with Gasteiger partial charge < -0.3 is 38.8 Å². The van der Waals surface area contributed by atoms with E-state index in [1.807, 2.05) is 0 Å². The van der Waals surface area contributed by atoms with Gasteiger partial charge in [-0.2, -0.15) is 0 Å². The van der Waals surface area contributed by atoms with Crippen LogP contribution in [0.4, 0.5) is 0 Å². The van der Waals surface area contributed by atoms with Gasteiger partial charge in [-0.05, 0) is 30.9 Å². The van der Waals surface area contributed by atoms with Gasteiger partial charge in [0.1, 0.15) is 9.66 Å². The van der Waals surface area contributed by atoms with E-state index in [-0.39, 0.29) is 29.4 Å². The molecule has 8 rings (SSSR count). The molecule has 0 atom stereocenters. The normalized spacial score (nSPS) is 19.6. The maximum Gasteiger partial charge on any atom is 0.374 e. The Kier molecular flexibility index (Phi) is 7.37. The van der Waals surface area contributed by atoms with E-state index in [0.29, 0.717) is 79.0 Å². The zero-order valence-electron chi connectivity index (χ0n) is 23.6. The van der Waals surface area contributed by atoms with Crippen LogP contribution in [0, 0.1) is 0 Å². The van der Waals surface area contributed by atoms with Gasteiger partial charge in [-0.25, -0.2) is 19.6 Å². The molecule has 0 aromatic carbocycles. The summed E-state index contributed by atoms with van der Waals surface area (Å²) in [6, 6.07) is 0. The van der Waals surface area contributed by atoms with E-state index < -0.39 is 23.5 Å². The van der Waals surface area contributed by atoms with E-state index in [0.717, 1.165) is 27.3 Å². The van der Waals surface area contributed by atoms with Gasteiger partial charge in [0.15, 0.2) is 11.6 Å². The van der Waals surface area contributed by atoms with Crippen LogP contribution in [0.15, 0.2) is 9.59 Å². The quantitative estimate of drug-likeness (QED) is 0.276. The third kappa shape index (κ3) is 5.04. The highest BCUT2D eigenvalue weighted by Gasteiger charge is 2.43. The predicted molar refractivity (Wildman–Crippen MR) is 157 cm³/mol. The molecule has 232 valence electrons. The number of thiophene rings is 2. The zero-order valence-corrected chi connectivity index (χ0v) is 25.2. The molecule has 2 fully saturated rings. The van der Waals surface area contributed by atoms with Gasteiger partial charge in [-0.15, -0.1) is 22.7 Å². The first-order chi connectivity index (χ1) is 21.2. The van der Waals surface area contributed by atoms with Gasteiger partial charge in [-0.1, -0.05) is 0 Å². The highest BCUT2D eigenvalue weighted by Crippen LogP contribution is 2.42. The van der Waals surface area contributed by atoms with Gasteiger partial charge in [-0.3, -0.25) is 9.59 Å². The van der Waals surface area contributed by atoms with Crippen LogP contribution < -0.4 is 11.1 Å². The average molecular weight is 645 g/mol. The maximum atomic E-state index is 12.4. The molecule has 2 spiro atoms. The number of aromatic nitrogens is 4. The summed E-state index contributed by atoms with van der Waals surface area (Å²) < 4.78 is 27.8. The topological polar surface area (TPSA) is 192 Å². The first kappa shape index (κ1) is 29.2. The molecule has 14 nitrogen and oxygen atoms in total. The van der Waals surface area contributed by atoms with Crippen molar-refractivity contribution >= 4 is 55.0 Å². The number of esters is 1. The fourth-order valence-corrected chi connectivity index (χ4v) is 8.83. The molecule has 16 heteroatoms. The fraction of sp³-hybridized carbons (Fsp3) is 0.500. The molecular weight excluding hydrogens is 616 g/mol. The van der Waals surface area contributed by atoms with E-state index in [1.165, 1.54) is 22.7 Å². The minimum absolute atomic E-state index is 0.0500. The average Bonchev–Trinajstić information content (AvgIpc) is 3.79. The Morgan fingerprint density at radius 2 is 1.27 bits per heavy atom. The number of fused-ring (bicyclic) bond motifs is 6. The third-order valence-electron chi connectivity index (χ3n) is 8.16. The molecule has 44 heavy (non-hydrogen) atoms. The third-order valence-corrected chi connectivity index (χ3v) is 10.4. The minimum atomic E-state index is -1.24. The highest BCUT2D eigenvalue weighted by molar-refractivity contribution is 7.19. The van der Waals surface area contributed by atoms with E-state index in [2.05, 4.69) is 19.9 Å². The lowest BCUT2D eigenvalue weighted by Gasteiger charge is -2.31. The number of carboxylic acids is 1. The molecule has 2 saturated heterocycles. The summed E-state index contributed by atoms with van der Waals surface area (Å²) in [5, 5.41) is 10.1. The molecule has 4 aliphatic rings. The van der Waals surface area contributed by atoms with E-state index in [1.54, 1.807) is 6.92 Å². The van der Waals surface area contributed by atoms with E-state index >= 15 is 0 Å². The van der Waals surface area contributed by atoms with Crippen LogP contribution in [0.3, 0.4) is 0 Å². The first-order valence-electron chi connectivity index (χ1n) is 14.3. The second-order valence-corrected chi connectivity index (χ2v) is 13.0. The lowest BCUT2D eigenvalue weighted by atomic mass is 9.92. The van der Waals surface area contributed by atoms with Crippen LogP contribution in [0.25, 0.3) is 20.4 Å². The Balaban J connectivity index is 0.000000143. The van der Waals surface area contributed by atoms with Crippen molar-refractivity contribution in [1.82, 2.24) is 19.9 Å².